The second-order valence-electron chi connectivity index (χ2n) is 25.2. The predicted molar refractivity (Wildman–Crippen MR) is 261 cm³/mol. The van der Waals surface area contributed by atoms with Crippen LogP contribution in [0.15, 0.2) is 46.6 Å². The third-order valence-corrected chi connectivity index (χ3v) is 21.5. The summed E-state index contributed by atoms with van der Waals surface area (Å²) in [7, 11) is 0. The molecule has 0 radical (unpaired) electrons. The lowest BCUT2D eigenvalue weighted by Gasteiger charge is -2.56. The third-order valence-electron chi connectivity index (χ3n) is 21.5. The highest BCUT2D eigenvalue weighted by Crippen LogP contribution is 2.67. The van der Waals surface area contributed by atoms with Gasteiger partial charge in [0.2, 0.25) is 0 Å². The maximum Gasteiger partial charge on any atom is 0.188 e. The highest BCUT2D eigenvalue weighted by molar-refractivity contribution is 6.13. The summed E-state index contributed by atoms with van der Waals surface area (Å²) < 4.78 is 0. The molecule has 0 aromatic rings. The van der Waals surface area contributed by atoms with E-state index in [1.165, 1.54) is 11.1 Å². The van der Waals surface area contributed by atoms with Gasteiger partial charge in [0.05, 0.1) is 12.2 Å². The molecule has 0 unspecified atom stereocenters. The number of Topliss-reactive ketones (excluding diaryl/α,β-unsaturated/α-hetero) is 4. The molecule has 66 heavy (non-hydrogen) atoms. The number of hydrogen-bond acceptors (Lipinski definition) is 8. The summed E-state index contributed by atoms with van der Waals surface area (Å²) in [5.74, 6) is 1.60. The van der Waals surface area contributed by atoms with Crippen LogP contribution in [0.3, 0.4) is 0 Å². The Labute approximate surface area is 398 Å². The SMILES string of the molecule is C=C(CC[C@@H](C)[C@H]1CC[C@H]2C3=C(C(=O)[C@H](O)[C@]12C)[C@@]1(C)CC[C@@H](O)[C@@H](C)[C@@H]1CC3=O)C(C)C.C=C(CC[C@@H](C)[C@H]1CC[C@H]2C3=C(C(=O)[C@H](O)[C@]12C)[C@@]1(C)CC[C@@H](O)[C@@H](C)[C@@H]1CC3=O)C(C)C. The van der Waals surface area contributed by atoms with Crippen molar-refractivity contribution >= 4 is 23.1 Å². The fourth-order valence-corrected chi connectivity index (χ4v) is 16.6. The van der Waals surface area contributed by atoms with Crippen LogP contribution in [0.25, 0.3) is 0 Å². The summed E-state index contributed by atoms with van der Waals surface area (Å²) in [6.45, 7) is 34.0. The number of carbonyl (C=O) groups is 4. The fraction of sp³-hybridized carbons (Fsp3) is 0.793. The Bertz CT molecular complexity index is 1910. The van der Waals surface area contributed by atoms with Gasteiger partial charge in [-0.25, -0.2) is 0 Å². The zero-order chi connectivity index (χ0) is 48.9. The number of fused-ring (bicyclic) bond motifs is 8. The van der Waals surface area contributed by atoms with Crippen LogP contribution in [-0.4, -0.2) is 68.0 Å². The van der Waals surface area contributed by atoms with Crippen molar-refractivity contribution in [3.63, 3.8) is 0 Å². The third kappa shape index (κ3) is 7.83. The lowest BCUT2D eigenvalue weighted by Crippen LogP contribution is -2.58. The smallest absolute Gasteiger partial charge is 0.188 e. The maximum absolute atomic E-state index is 13.9. The molecule has 4 saturated carbocycles. The molecule has 0 aromatic heterocycles. The summed E-state index contributed by atoms with van der Waals surface area (Å²) in [5, 5.41) is 44.1. The second-order valence-corrected chi connectivity index (χ2v) is 25.2. The van der Waals surface area contributed by atoms with Crippen molar-refractivity contribution in [1.29, 1.82) is 0 Å². The van der Waals surface area contributed by atoms with E-state index >= 15 is 0 Å². The molecule has 0 heterocycles. The van der Waals surface area contributed by atoms with Crippen molar-refractivity contribution in [1.82, 2.24) is 0 Å². The highest BCUT2D eigenvalue weighted by atomic mass is 16.3. The zero-order valence-corrected chi connectivity index (χ0v) is 43.0. The van der Waals surface area contributed by atoms with Crippen LogP contribution < -0.4 is 0 Å². The molecule has 18 atom stereocenters. The molecular weight excluding hydrogens is 825 g/mol. The van der Waals surface area contributed by atoms with Gasteiger partial charge in [0.25, 0.3) is 0 Å². The van der Waals surface area contributed by atoms with Crippen molar-refractivity contribution in [2.75, 3.05) is 0 Å². The van der Waals surface area contributed by atoms with Gasteiger partial charge in [-0.05, 0) is 148 Å². The number of carbonyl (C=O) groups excluding carboxylic acids is 4. The molecule has 8 rings (SSSR count). The van der Waals surface area contributed by atoms with E-state index < -0.39 is 46.1 Å². The standard InChI is InChI=1S/2C29H44O4/c2*1-15(2)16(3)8-9-17(4)19-10-11-20-24-23(31)14-21-18(5)22(30)12-13-28(21,6)25(24)26(32)27(33)29(19,20)7/h2*15,17-22,27,30,33H,3,8-14H2,1-2,4-7H3/t2*17-,18+,19-,20+,21+,22-,27+,28+,29-/m11/s1. The minimum Gasteiger partial charge on any atom is -0.393 e. The fourth-order valence-electron chi connectivity index (χ4n) is 16.6. The van der Waals surface area contributed by atoms with Crippen LogP contribution in [0.4, 0.5) is 0 Å². The topological polar surface area (TPSA) is 149 Å². The number of aliphatic hydroxyl groups is 4. The number of ketones is 4. The van der Waals surface area contributed by atoms with Crippen molar-refractivity contribution in [2.24, 2.45) is 92.7 Å². The molecule has 0 saturated heterocycles. The Morgan fingerprint density at radius 1 is 0.561 bits per heavy atom. The molecule has 8 aliphatic rings. The molecule has 8 heteroatoms. The van der Waals surface area contributed by atoms with Gasteiger partial charge in [-0.15, -0.1) is 0 Å². The van der Waals surface area contributed by atoms with Gasteiger partial charge in [0.1, 0.15) is 12.2 Å². The highest BCUT2D eigenvalue weighted by Gasteiger charge is 2.67. The van der Waals surface area contributed by atoms with Gasteiger partial charge in [0.15, 0.2) is 23.1 Å². The summed E-state index contributed by atoms with van der Waals surface area (Å²) in [6.07, 6.45) is 8.10. The summed E-state index contributed by atoms with van der Waals surface area (Å²) in [5.41, 5.74) is 3.20. The zero-order valence-electron chi connectivity index (χ0n) is 43.0. The minimum absolute atomic E-state index is 0.0228. The number of allylic oxidation sites excluding steroid dienone is 4. The Kier molecular flexibility index (Phi) is 14.3. The average molecular weight is 913 g/mol. The van der Waals surface area contributed by atoms with Gasteiger partial charge in [-0.1, -0.05) is 107 Å². The lowest BCUT2D eigenvalue weighted by atomic mass is 9.47. The monoisotopic (exact) mass is 913 g/mol. The first-order chi connectivity index (χ1) is 30.7. The van der Waals surface area contributed by atoms with Gasteiger partial charge < -0.3 is 20.4 Å². The molecule has 0 aliphatic heterocycles. The van der Waals surface area contributed by atoms with Gasteiger partial charge in [-0.3, -0.25) is 19.2 Å². The van der Waals surface area contributed by atoms with E-state index in [-0.39, 0.29) is 70.5 Å². The van der Waals surface area contributed by atoms with E-state index in [9.17, 15) is 39.6 Å². The molecule has 4 fully saturated rings. The predicted octanol–water partition coefficient (Wildman–Crippen LogP) is 10.5. The van der Waals surface area contributed by atoms with Crippen molar-refractivity contribution in [3.05, 3.63) is 46.6 Å². The van der Waals surface area contributed by atoms with Gasteiger partial charge in [0, 0.05) is 56.8 Å². The quantitative estimate of drug-likeness (QED) is 0.158. The Morgan fingerprint density at radius 2 is 0.894 bits per heavy atom. The van der Waals surface area contributed by atoms with Crippen molar-refractivity contribution < 1.29 is 39.6 Å². The molecule has 0 spiro atoms. The Morgan fingerprint density at radius 3 is 1.21 bits per heavy atom. The molecular formula is C58H88O8. The van der Waals surface area contributed by atoms with Crippen LogP contribution in [0.2, 0.25) is 0 Å². The first kappa shape index (κ1) is 51.3. The molecule has 0 bridgehead atoms. The summed E-state index contributed by atoms with van der Waals surface area (Å²) in [6, 6.07) is 0. The van der Waals surface area contributed by atoms with E-state index in [1.54, 1.807) is 0 Å². The van der Waals surface area contributed by atoms with Crippen LogP contribution in [0.1, 0.15) is 173 Å². The largest absolute Gasteiger partial charge is 0.393 e. The van der Waals surface area contributed by atoms with Crippen molar-refractivity contribution in [2.45, 2.75) is 197 Å². The van der Waals surface area contributed by atoms with E-state index in [2.05, 4.69) is 82.4 Å². The molecule has 368 valence electrons. The van der Waals surface area contributed by atoms with E-state index in [0.29, 0.717) is 73.3 Å². The molecule has 8 aliphatic carbocycles. The van der Waals surface area contributed by atoms with Gasteiger partial charge in [-0.2, -0.15) is 0 Å². The van der Waals surface area contributed by atoms with Crippen LogP contribution >= 0.6 is 0 Å². The Hall–Kier alpha value is -2.52. The maximum atomic E-state index is 13.9. The van der Waals surface area contributed by atoms with Crippen LogP contribution in [0, 0.1) is 92.7 Å². The summed E-state index contributed by atoms with van der Waals surface area (Å²) in [4.78, 5) is 55.0. The first-order valence-corrected chi connectivity index (χ1v) is 26.4. The second kappa shape index (κ2) is 18.3. The normalized spacial score (nSPS) is 43.9. The van der Waals surface area contributed by atoms with E-state index in [0.717, 1.165) is 62.5 Å². The molecule has 4 N–H and O–H groups in total. The first-order valence-electron chi connectivity index (χ1n) is 26.4. The minimum atomic E-state index is -1.06. The summed E-state index contributed by atoms with van der Waals surface area (Å²) >= 11 is 0. The molecule has 0 amide bonds. The van der Waals surface area contributed by atoms with E-state index in [1.807, 2.05) is 13.8 Å². The van der Waals surface area contributed by atoms with E-state index in [4.69, 9.17) is 0 Å². The Balaban J connectivity index is 0.000000196. The number of rotatable bonds is 10. The van der Waals surface area contributed by atoms with Crippen LogP contribution in [0.5, 0.6) is 0 Å². The molecule has 0 aromatic carbocycles. The molecule has 8 nitrogen and oxygen atoms in total. The van der Waals surface area contributed by atoms with Crippen molar-refractivity contribution in [3.8, 4) is 0 Å². The average Bonchev–Trinajstić information content (AvgIpc) is 3.81. The van der Waals surface area contributed by atoms with Gasteiger partial charge >= 0.3 is 0 Å². The lowest BCUT2D eigenvalue weighted by molar-refractivity contribution is -0.145. The number of hydrogen-bond donors (Lipinski definition) is 4. The number of aliphatic hydroxyl groups excluding tert-OH is 4. The van der Waals surface area contributed by atoms with Crippen LogP contribution in [-0.2, 0) is 19.2 Å².